The summed E-state index contributed by atoms with van der Waals surface area (Å²) in [6, 6.07) is 4.03. The molecule has 0 amide bonds. The zero-order valence-electron chi connectivity index (χ0n) is 11.5. The van der Waals surface area contributed by atoms with Crippen molar-refractivity contribution in [3.8, 4) is 0 Å². The molecule has 5 heteroatoms. The number of benzene rings is 1. The van der Waals surface area contributed by atoms with E-state index in [1.807, 2.05) is 24.1 Å². The van der Waals surface area contributed by atoms with Crippen LogP contribution in [0.5, 0.6) is 0 Å². The molecule has 0 bridgehead atoms. The molecule has 0 spiro atoms. The second kappa shape index (κ2) is 5.75. The highest BCUT2D eigenvalue weighted by Gasteiger charge is 2.19. The summed E-state index contributed by atoms with van der Waals surface area (Å²) in [5.41, 5.74) is 10.5. The number of anilines is 2. The molecule has 0 atom stereocenters. The molecule has 1 aromatic rings. The van der Waals surface area contributed by atoms with Gasteiger partial charge in [-0.1, -0.05) is 6.07 Å². The Labute approximate surface area is 113 Å². The quantitative estimate of drug-likeness (QED) is 0.643. The number of fused-ring (bicyclic) bond motifs is 1. The first kappa shape index (κ1) is 13.4. The molecule has 1 aromatic carbocycles. The molecule has 19 heavy (non-hydrogen) atoms. The van der Waals surface area contributed by atoms with Gasteiger partial charge >= 0.3 is 5.97 Å². The molecule has 1 heterocycles. The number of rotatable bonds is 4. The highest BCUT2D eigenvalue weighted by molar-refractivity contribution is 5.89. The molecule has 0 saturated carbocycles. The summed E-state index contributed by atoms with van der Waals surface area (Å²) in [6.07, 6.45) is 3.24. The summed E-state index contributed by atoms with van der Waals surface area (Å²) >= 11 is 0. The van der Waals surface area contributed by atoms with Crippen LogP contribution in [0.15, 0.2) is 18.2 Å². The Hall–Kier alpha value is -2.01. The lowest BCUT2D eigenvalue weighted by Crippen LogP contribution is -2.35. The molecular weight excluding hydrogens is 242 g/mol. The van der Waals surface area contributed by atoms with Crippen molar-refractivity contribution in [3.63, 3.8) is 0 Å². The van der Waals surface area contributed by atoms with E-state index in [0.29, 0.717) is 6.61 Å². The van der Waals surface area contributed by atoms with Crippen molar-refractivity contribution in [1.29, 1.82) is 0 Å². The molecule has 5 nitrogen and oxygen atoms in total. The SMILES string of the molecule is CCOC(=O)/C=C/c1ccc2c(c1C)NNN2CC. The largest absolute Gasteiger partial charge is 0.463 e. The van der Waals surface area contributed by atoms with Crippen LogP contribution in [0, 0.1) is 6.92 Å². The lowest BCUT2D eigenvalue weighted by Gasteiger charge is -2.14. The van der Waals surface area contributed by atoms with Gasteiger partial charge in [0.2, 0.25) is 0 Å². The maximum Gasteiger partial charge on any atom is 0.330 e. The van der Waals surface area contributed by atoms with Crippen molar-refractivity contribution in [2.45, 2.75) is 20.8 Å². The Morgan fingerprint density at radius 1 is 1.42 bits per heavy atom. The lowest BCUT2D eigenvalue weighted by molar-refractivity contribution is -0.137. The van der Waals surface area contributed by atoms with Crippen LogP contribution in [-0.4, -0.2) is 19.1 Å². The Morgan fingerprint density at radius 3 is 2.89 bits per heavy atom. The van der Waals surface area contributed by atoms with Gasteiger partial charge in [0.25, 0.3) is 0 Å². The van der Waals surface area contributed by atoms with Gasteiger partial charge in [-0.2, -0.15) is 0 Å². The van der Waals surface area contributed by atoms with Crippen LogP contribution in [0.1, 0.15) is 25.0 Å². The summed E-state index contributed by atoms with van der Waals surface area (Å²) in [7, 11) is 0. The van der Waals surface area contributed by atoms with E-state index in [1.165, 1.54) is 6.08 Å². The highest BCUT2D eigenvalue weighted by atomic mass is 16.5. The third-order valence-electron chi connectivity index (χ3n) is 3.09. The van der Waals surface area contributed by atoms with Gasteiger partial charge in [-0.05, 0) is 44.0 Å². The normalized spacial score (nSPS) is 13.5. The topological polar surface area (TPSA) is 53.6 Å². The average molecular weight is 261 g/mol. The summed E-state index contributed by atoms with van der Waals surface area (Å²) in [5, 5.41) is 2.03. The first-order chi connectivity index (χ1) is 9.17. The van der Waals surface area contributed by atoms with Gasteiger partial charge in [0.15, 0.2) is 0 Å². The number of hydrogen-bond acceptors (Lipinski definition) is 5. The number of carbonyl (C=O) groups excluding carboxylic acids is 1. The van der Waals surface area contributed by atoms with Crippen LogP contribution in [-0.2, 0) is 9.53 Å². The van der Waals surface area contributed by atoms with E-state index in [2.05, 4.69) is 17.9 Å². The first-order valence-corrected chi connectivity index (χ1v) is 6.45. The van der Waals surface area contributed by atoms with Crippen molar-refractivity contribution in [2.24, 2.45) is 0 Å². The van der Waals surface area contributed by atoms with Crippen LogP contribution in [0.2, 0.25) is 0 Å². The van der Waals surface area contributed by atoms with Gasteiger partial charge in [0.1, 0.15) is 0 Å². The van der Waals surface area contributed by atoms with E-state index >= 15 is 0 Å². The molecule has 1 aliphatic rings. The van der Waals surface area contributed by atoms with Gasteiger partial charge < -0.3 is 10.2 Å². The predicted octanol–water partition coefficient (Wildman–Crippen LogP) is 2.24. The molecule has 0 saturated heterocycles. The Balaban J connectivity index is 2.23. The van der Waals surface area contributed by atoms with E-state index in [0.717, 1.165) is 29.0 Å². The number of ether oxygens (including phenoxy) is 1. The number of hydrazine groups is 2. The Kier molecular flexibility index (Phi) is 4.06. The van der Waals surface area contributed by atoms with E-state index in [1.54, 1.807) is 13.0 Å². The minimum atomic E-state index is -0.316. The molecular formula is C14H19N3O2. The number of esters is 1. The third kappa shape index (κ3) is 2.71. The number of carbonyl (C=O) groups is 1. The fraction of sp³-hybridized carbons (Fsp3) is 0.357. The molecule has 1 aliphatic heterocycles. The Bertz CT molecular complexity index is 512. The zero-order valence-corrected chi connectivity index (χ0v) is 11.5. The van der Waals surface area contributed by atoms with Gasteiger partial charge in [-0.25, -0.2) is 4.79 Å². The van der Waals surface area contributed by atoms with Crippen LogP contribution < -0.4 is 16.0 Å². The van der Waals surface area contributed by atoms with Crippen LogP contribution in [0.3, 0.4) is 0 Å². The summed E-state index contributed by atoms with van der Waals surface area (Å²) < 4.78 is 4.87. The van der Waals surface area contributed by atoms with Crippen molar-refractivity contribution in [1.82, 2.24) is 5.53 Å². The average Bonchev–Trinajstić information content (AvgIpc) is 2.82. The monoisotopic (exact) mass is 261 g/mol. The molecule has 102 valence electrons. The molecule has 2 N–H and O–H groups in total. The van der Waals surface area contributed by atoms with Gasteiger partial charge in [0, 0.05) is 12.6 Å². The van der Waals surface area contributed by atoms with E-state index in [-0.39, 0.29) is 5.97 Å². The molecule has 2 rings (SSSR count). The second-order valence-corrected chi connectivity index (χ2v) is 4.24. The minimum absolute atomic E-state index is 0.316. The molecule has 0 fully saturated rings. The first-order valence-electron chi connectivity index (χ1n) is 6.45. The smallest absolute Gasteiger partial charge is 0.330 e. The number of hydrogen-bond donors (Lipinski definition) is 2. The Morgan fingerprint density at radius 2 is 2.21 bits per heavy atom. The van der Waals surface area contributed by atoms with Crippen LogP contribution in [0.25, 0.3) is 6.08 Å². The van der Waals surface area contributed by atoms with E-state index in [4.69, 9.17) is 4.74 Å². The van der Waals surface area contributed by atoms with Crippen molar-refractivity contribution >= 4 is 23.4 Å². The standard InChI is InChI=1S/C14H19N3O2/c1-4-17-12-8-6-11(7-9-13(18)19-5-2)10(3)14(12)15-16-17/h6-9,15-16H,4-5H2,1-3H3/b9-7+. The fourth-order valence-corrected chi connectivity index (χ4v) is 2.06. The molecule has 0 radical (unpaired) electrons. The third-order valence-corrected chi connectivity index (χ3v) is 3.09. The van der Waals surface area contributed by atoms with Gasteiger partial charge in [-0.15, -0.1) is 5.53 Å². The summed E-state index contributed by atoms with van der Waals surface area (Å²) in [6.45, 7) is 7.16. The number of nitrogens with zero attached hydrogens (tertiary/aromatic N) is 1. The maximum absolute atomic E-state index is 11.3. The van der Waals surface area contributed by atoms with Crippen LogP contribution >= 0.6 is 0 Å². The zero-order chi connectivity index (χ0) is 13.8. The summed E-state index contributed by atoms with van der Waals surface area (Å²) in [5.74, 6) is -0.316. The molecule has 0 aromatic heterocycles. The predicted molar refractivity (Wildman–Crippen MR) is 76.6 cm³/mol. The van der Waals surface area contributed by atoms with Crippen LogP contribution in [0.4, 0.5) is 11.4 Å². The fourth-order valence-electron chi connectivity index (χ4n) is 2.06. The van der Waals surface area contributed by atoms with Gasteiger partial charge in [-0.3, -0.25) is 5.01 Å². The second-order valence-electron chi connectivity index (χ2n) is 4.24. The van der Waals surface area contributed by atoms with E-state index < -0.39 is 0 Å². The summed E-state index contributed by atoms with van der Waals surface area (Å²) in [4.78, 5) is 11.3. The minimum Gasteiger partial charge on any atom is -0.463 e. The highest BCUT2D eigenvalue weighted by Crippen LogP contribution is 2.34. The number of nitrogens with one attached hydrogen (secondary N) is 2. The van der Waals surface area contributed by atoms with Gasteiger partial charge in [0.05, 0.1) is 18.0 Å². The van der Waals surface area contributed by atoms with Crippen molar-refractivity contribution in [2.75, 3.05) is 23.6 Å². The maximum atomic E-state index is 11.3. The molecule has 0 unspecified atom stereocenters. The van der Waals surface area contributed by atoms with Crippen molar-refractivity contribution in [3.05, 3.63) is 29.3 Å². The molecule has 0 aliphatic carbocycles. The lowest BCUT2D eigenvalue weighted by atomic mass is 10.0. The van der Waals surface area contributed by atoms with E-state index in [9.17, 15) is 4.79 Å². The van der Waals surface area contributed by atoms with Crippen molar-refractivity contribution < 1.29 is 9.53 Å².